The number of morpholine rings is 1. The number of nitrogens with zero attached hydrogens (tertiary/aromatic N) is 4. The first kappa shape index (κ1) is 27.4. The minimum Gasteiger partial charge on any atom is -0.457 e. The summed E-state index contributed by atoms with van der Waals surface area (Å²) in [6, 6.07) is 26.3. The van der Waals surface area contributed by atoms with Crippen LogP contribution in [0.25, 0.3) is 0 Å². The van der Waals surface area contributed by atoms with Crippen LogP contribution in [0.2, 0.25) is 0 Å². The Morgan fingerprint density at radius 2 is 1.66 bits per heavy atom. The van der Waals surface area contributed by atoms with E-state index in [-0.39, 0.29) is 12.1 Å². The minimum absolute atomic E-state index is 0.0440. The third-order valence-electron chi connectivity index (χ3n) is 8.08. The number of hydrogen-bond donors (Lipinski definition) is 1. The fourth-order valence-electron chi connectivity index (χ4n) is 6.00. The quantitative estimate of drug-likeness (QED) is 0.242. The molecule has 0 saturated carbocycles. The molecule has 2 aromatic carbocycles. The SMILES string of the molecule is Cc1cc(C2C(c3ccccn3)NC(=S)N2c2ccc(Oc3ccccc3)cc2)c(C)n1CCCN1CCOCC1. The van der Waals surface area contributed by atoms with Gasteiger partial charge in [-0.15, -0.1) is 0 Å². The molecule has 0 amide bonds. The van der Waals surface area contributed by atoms with Gasteiger partial charge in [-0.2, -0.15) is 0 Å². The first-order valence-electron chi connectivity index (χ1n) is 14.4. The number of thiocarbonyl (C=S) groups is 1. The highest BCUT2D eigenvalue weighted by Gasteiger charge is 2.42. The number of hydrogen-bond acceptors (Lipinski definition) is 5. The Morgan fingerprint density at radius 3 is 2.39 bits per heavy atom. The molecule has 7 nitrogen and oxygen atoms in total. The third kappa shape index (κ3) is 6.00. The van der Waals surface area contributed by atoms with E-state index in [0.717, 1.165) is 68.7 Å². The molecule has 0 spiro atoms. The fourth-order valence-corrected chi connectivity index (χ4v) is 6.34. The van der Waals surface area contributed by atoms with E-state index in [2.05, 4.69) is 57.8 Å². The third-order valence-corrected chi connectivity index (χ3v) is 8.40. The van der Waals surface area contributed by atoms with Crippen LogP contribution in [0.5, 0.6) is 11.5 Å². The molecule has 4 heterocycles. The molecular weight excluding hydrogens is 530 g/mol. The van der Waals surface area contributed by atoms with Crippen LogP contribution in [0.15, 0.2) is 85.1 Å². The van der Waals surface area contributed by atoms with E-state index < -0.39 is 0 Å². The summed E-state index contributed by atoms with van der Waals surface area (Å²) in [7, 11) is 0. The number of para-hydroxylation sites is 1. The predicted molar refractivity (Wildman–Crippen MR) is 167 cm³/mol. The van der Waals surface area contributed by atoms with E-state index in [1.54, 1.807) is 0 Å². The fraction of sp³-hybridized carbons (Fsp3) is 0.333. The van der Waals surface area contributed by atoms with Crippen LogP contribution in [0.4, 0.5) is 5.69 Å². The first-order chi connectivity index (χ1) is 20.1. The Bertz CT molecular complexity index is 1450. The van der Waals surface area contributed by atoms with Crippen LogP contribution in [0.3, 0.4) is 0 Å². The molecule has 41 heavy (non-hydrogen) atoms. The molecule has 2 aliphatic rings. The highest BCUT2D eigenvalue weighted by atomic mass is 32.1. The smallest absolute Gasteiger partial charge is 0.174 e. The van der Waals surface area contributed by atoms with Crippen molar-refractivity contribution in [1.29, 1.82) is 0 Å². The maximum absolute atomic E-state index is 6.05. The molecule has 4 aromatic rings. The molecule has 2 saturated heterocycles. The van der Waals surface area contributed by atoms with E-state index in [1.807, 2.05) is 60.8 Å². The van der Waals surface area contributed by atoms with Gasteiger partial charge in [-0.1, -0.05) is 24.3 Å². The van der Waals surface area contributed by atoms with Crippen LogP contribution in [-0.2, 0) is 11.3 Å². The number of aryl methyl sites for hydroxylation is 1. The topological polar surface area (TPSA) is 54.8 Å². The van der Waals surface area contributed by atoms with Crippen LogP contribution < -0.4 is 15.0 Å². The Hall–Kier alpha value is -3.72. The number of nitrogens with one attached hydrogen (secondary N) is 1. The Labute approximate surface area is 247 Å². The van der Waals surface area contributed by atoms with E-state index in [4.69, 9.17) is 26.7 Å². The van der Waals surface area contributed by atoms with Crippen LogP contribution in [-0.4, -0.2) is 52.4 Å². The van der Waals surface area contributed by atoms with Crippen LogP contribution in [0.1, 0.15) is 41.1 Å². The van der Waals surface area contributed by atoms with Gasteiger partial charge >= 0.3 is 0 Å². The summed E-state index contributed by atoms with van der Waals surface area (Å²) in [6.07, 6.45) is 2.96. The van der Waals surface area contributed by atoms with Crippen molar-refractivity contribution in [2.45, 2.75) is 38.9 Å². The Morgan fingerprint density at radius 1 is 0.927 bits per heavy atom. The maximum atomic E-state index is 6.05. The molecule has 0 bridgehead atoms. The number of rotatable bonds is 9. The van der Waals surface area contributed by atoms with Crippen molar-refractivity contribution in [3.05, 3.63) is 108 Å². The zero-order chi connectivity index (χ0) is 28.2. The summed E-state index contributed by atoms with van der Waals surface area (Å²) in [5.74, 6) is 1.60. The number of benzene rings is 2. The Balaban J connectivity index is 1.29. The highest BCUT2D eigenvalue weighted by Crippen LogP contribution is 2.43. The van der Waals surface area contributed by atoms with Crippen molar-refractivity contribution in [3.8, 4) is 11.5 Å². The van der Waals surface area contributed by atoms with Gasteiger partial charge in [0.2, 0.25) is 0 Å². The zero-order valence-corrected chi connectivity index (χ0v) is 24.5. The standard InChI is InChI=1S/C33H37N5O2S/c1-24-23-29(25(2)37(24)18-8-17-36-19-21-39-22-20-36)32-31(30-11-6-7-16-34-30)35-33(41)38(32)26-12-14-28(15-13-26)40-27-9-4-3-5-10-27/h3-7,9-16,23,31-32H,8,17-22H2,1-2H3,(H,35,41). The second-order valence-electron chi connectivity index (χ2n) is 10.7. The molecule has 2 atom stereocenters. The van der Waals surface area contributed by atoms with Crippen LogP contribution >= 0.6 is 12.2 Å². The first-order valence-corrected chi connectivity index (χ1v) is 14.8. The van der Waals surface area contributed by atoms with E-state index in [0.29, 0.717) is 5.11 Å². The molecule has 8 heteroatoms. The van der Waals surface area contributed by atoms with Crippen molar-refractivity contribution in [2.75, 3.05) is 37.7 Å². The number of ether oxygens (including phenoxy) is 2. The lowest BCUT2D eigenvalue weighted by atomic mass is 9.96. The summed E-state index contributed by atoms with van der Waals surface area (Å²) in [6.45, 7) is 10.2. The average molecular weight is 568 g/mol. The van der Waals surface area contributed by atoms with Gasteiger partial charge in [0.1, 0.15) is 11.5 Å². The van der Waals surface area contributed by atoms with Gasteiger partial charge in [-0.3, -0.25) is 9.88 Å². The molecular formula is C33H37N5O2S. The molecule has 2 unspecified atom stereocenters. The summed E-state index contributed by atoms with van der Waals surface area (Å²) in [4.78, 5) is 9.47. The largest absolute Gasteiger partial charge is 0.457 e. The molecule has 0 radical (unpaired) electrons. The monoisotopic (exact) mass is 567 g/mol. The molecule has 212 valence electrons. The second kappa shape index (κ2) is 12.4. The number of aromatic nitrogens is 2. The zero-order valence-electron chi connectivity index (χ0n) is 23.7. The lowest BCUT2D eigenvalue weighted by Crippen LogP contribution is -2.37. The van der Waals surface area contributed by atoms with E-state index in [9.17, 15) is 0 Å². The average Bonchev–Trinajstić information content (AvgIpc) is 3.50. The number of pyridine rings is 1. The maximum Gasteiger partial charge on any atom is 0.174 e. The normalized spacial score (nSPS) is 19.4. The molecule has 2 aromatic heterocycles. The number of anilines is 1. The predicted octanol–water partition coefficient (Wildman–Crippen LogP) is 6.19. The lowest BCUT2D eigenvalue weighted by molar-refractivity contribution is 0.0369. The summed E-state index contributed by atoms with van der Waals surface area (Å²) < 4.78 is 14.0. The van der Waals surface area contributed by atoms with Crippen molar-refractivity contribution in [2.24, 2.45) is 0 Å². The van der Waals surface area contributed by atoms with Gasteiger partial charge in [0.15, 0.2) is 5.11 Å². The molecule has 2 fully saturated rings. The lowest BCUT2D eigenvalue weighted by Gasteiger charge is -2.28. The van der Waals surface area contributed by atoms with Crippen LogP contribution in [0, 0.1) is 13.8 Å². The van der Waals surface area contributed by atoms with Gasteiger partial charge in [-0.05, 0) is 92.6 Å². The minimum atomic E-state index is -0.0776. The highest BCUT2D eigenvalue weighted by molar-refractivity contribution is 7.80. The van der Waals surface area contributed by atoms with E-state index in [1.165, 1.54) is 17.0 Å². The van der Waals surface area contributed by atoms with Gasteiger partial charge in [-0.25, -0.2) is 0 Å². The van der Waals surface area contributed by atoms with E-state index >= 15 is 0 Å². The van der Waals surface area contributed by atoms with Gasteiger partial charge in [0.05, 0.1) is 31.0 Å². The van der Waals surface area contributed by atoms with Gasteiger partial charge in [0, 0.05) is 49.5 Å². The summed E-state index contributed by atoms with van der Waals surface area (Å²) in [5, 5.41) is 4.29. The van der Waals surface area contributed by atoms with Crippen molar-refractivity contribution < 1.29 is 9.47 Å². The van der Waals surface area contributed by atoms with Crippen molar-refractivity contribution in [3.63, 3.8) is 0 Å². The summed E-state index contributed by atoms with van der Waals surface area (Å²) in [5.41, 5.74) is 5.80. The Kier molecular flexibility index (Phi) is 8.32. The molecule has 6 rings (SSSR count). The van der Waals surface area contributed by atoms with Crippen molar-refractivity contribution >= 4 is 23.0 Å². The molecule has 1 N–H and O–H groups in total. The van der Waals surface area contributed by atoms with Crippen molar-refractivity contribution in [1.82, 2.24) is 19.8 Å². The second-order valence-corrected chi connectivity index (χ2v) is 11.1. The molecule has 0 aliphatic carbocycles. The summed E-state index contributed by atoms with van der Waals surface area (Å²) >= 11 is 5.97. The van der Waals surface area contributed by atoms with Gasteiger partial charge in [0.25, 0.3) is 0 Å². The van der Waals surface area contributed by atoms with Gasteiger partial charge < -0.3 is 24.3 Å². The molecule has 2 aliphatic heterocycles.